The van der Waals surface area contributed by atoms with Crippen LogP contribution < -0.4 is 36.2 Å². The average Bonchev–Trinajstić information content (AvgIpc) is 3.79. The molecule has 0 aromatic carbocycles. The summed E-state index contributed by atoms with van der Waals surface area (Å²) >= 11 is 0. The molecule has 6 rings (SSSR count). The smallest absolute Gasteiger partial charge is 0.681 e. The van der Waals surface area contributed by atoms with Crippen LogP contribution in [0.3, 0.4) is 0 Å². The number of aliphatic hydroxyl groups is 1. The second-order valence-electron chi connectivity index (χ2n) is 12.5. The number of carbonyl (C=O) groups is 2. The normalized spacial score (nSPS) is 23.1. The Balaban J connectivity index is 0.00000451. The Morgan fingerprint density at radius 2 is 1.69 bits per heavy atom. The van der Waals surface area contributed by atoms with Gasteiger partial charge in [0.2, 0.25) is 0 Å². The zero-order valence-electron chi connectivity index (χ0n) is 28.5. The Labute approximate surface area is 296 Å². The van der Waals surface area contributed by atoms with E-state index in [1.807, 2.05) is 38.2 Å². The quantitative estimate of drug-likeness (QED) is 0.223. The van der Waals surface area contributed by atoms with Crippen LogP contribution in [0.1, 0.15) is 71.6 Å². The first-order valence-corrected chi connectivity index (χ1v) is 16.1. The molecule has 9 nitrogen and oxygen atoms in total. The minimum absolute atomic E-state index is 0. The maximum atomic E-state index is 13.4. The van der Waals surface area contributed by atoms with Crippen molar-refractivity contribution in [2.45, 2.75) is 59.9 Å². The number of methoxy groups -OCH3 is 1. The van der Waals surface area contributed by atoms with Crippen LogP contribution in [-0.4, -0.2) is 59.9 Å². The van der Waals surface area contributed by atoms with Gasteiger partial charge in [-0.05, 0) is 51.0 Å². The molecule has 10 heteroatoms. The number of hydrogen-bond acceptors (Lipinski definition) is 5. The van der Waals surface area contributed by atoms with Crippen LogP contribution in [0.25, 0.3) is 41.0 Å². The molecular formula is C38H40MgN4O5-2. The van der Waals surface area contributed by atoms with E-state index in [0.29, 0.717) is 28.3 Å². The Bertz CT molecular complexity index is 2110. The van der Waals surface area contributed by atoms with E-state index in [2.05, 4.69) is 33.9 Å². The molecule has 0 radical (unpaired) electrons. The van der Waals surface area contributed by atoms with E-state index in [-0.39, 0.29) is 59.6 Å². The van der Waals surface area contributed by atoms with Crippen molar-refractivity contribution in [1.82, 2.24) is 15.0 Å². The van der Waals surface area contributed by atoms with Gasteiger partial charge in [0, 0.05) is 11.6 Å². The van der Waals surface area contributed by atoms with Gasteiger partial charge in [0.25, 0.3) is 0 Å². The van der Waals surface area contributed by atoms with Gasteiger partial charge in [-0.3, -0.25) is 9.59 Å². The number of hydrogen-bond donors (Lipinski definition) is 1. The molecule has 1 fully saturated rings. The molecule has 2 aliphatic heterocycles. The number of rotatable bonds is 8. The van der Waals surface area contributed by atoms with Crippen molar-refractivity contribution in [1.29, 1.82) is 0 Å². The van der Waals surface area contributed by atoms with E-state index in [0.717, 1.165) is 62.0 Å². The van der Waals surface area contributed by atoms with Crippen LogP contribution >= 0.6 is 0 Å². The molecule has 1 unspecified atom stereocenters. The molecule has 48 heavy (non-hydrogen) atoms. The third-order valence-corrected chi connectivity index (χ3v) is 10.0. The summed E-state index contributed by atoms with van der Waals surface area (Å²) in [5.41, 5.74) is 8.38. The molecule has 3 aliphatic rings. The summed E-state index contributed by atoms with van der Waals surface area (Å²) in [6.45, 7) is 18.0. The maximum Gasteiger partial charge on any atom is 2.00 e. The molecule has 246 valence electrons. The van der Waals surface area contributed by atoms with Crippen LogP contribution in [0, 0.1) is 38.5 Å². The second-order valence-corrected chi connectivity index (χ2v) is 12.5. The maximum absolute atomic E-state index is 13.4. The number of allylic oxidation sites excluding steroid dienone is 1. The van der Waals surface area contributed by atoms with Crippen LogP contribution in [0.5, 0.6) is 0 Å². The summed E-state index contributed by atoms with van der Waals surface area (Å²) in [6.07, 6.45) is 10.7. The number of carbonyl (C=O) groups excluding carboxylic acids is 2. The van der Waals surface area contributed by atoms with Gasteiger partial charge in [-0.15, -0.1) is 33.1 Å². The topological polar surface area (TPSA) is 129 Å². The standard InChI is InChI=1S/C38H40N4O5.Mg/c1-9-14-47-31(43)13-12-24-20(6)27-15-25-18(4)22(10-2)29(39-25)16-26-19(5)23(11-3)30(40-26)17-28-21(7)32-36(42-28)33(35(24)41-27)34(37(32)44)38(45)46-8;/h9-10,15-17,20,24,34-35,44H,1-2,11-14H2,3-8H3;/q-4;+2/b26-16-,27-15-,30-17-;/t20-,24-,34+,35?;/m0./s1. The van der Waals surface area contributed by atoms with Crippen LogP contribution in [-0.2, 0) is 25.5 Å². The van der Waals surface area contributed by atoms with Gasteiger partial charge >= 0.3 is 35.0 Å². The van der Waals surface area contributed by atoms with E-state index in [1.54, 1.807) is 0 Å². The zero-order chi connectivity index (χ0) is 33.7. The van der Waals surface area contributed by atoms with Gasteiger partial charge in [-0.2, -0.15) is 5.70 Å². The predicted molar refractivity (Wildman–Crippen MR) is 187 cm³/mol. The van der Waals surface area contributed by atoms with Crippen molar-refractivity contribution in [3.8, 4) is 0 Å². The van der Waals surface area contributed by atoms with Crippen LogP contribution in [0.4, 0.5) is 0 Å². The van der Waals surface area contributed by atoms with E-state index >= 15 is 0 Å². The van der Waals surface area contributed by atoms with E-state index in [4.69, 9.17) is 29.7 Å². The van der Waals surface area contributed by atoms with E-state index in [1.165, 1.54) is 13.2 Å². The molecule has 3 aromatic heterocycles. The summed E-state index contributed by atoms with van der Waals surface area (Å²) in [5.74, 6) is -2.41. The third kappa shape index (κ3) is 5.68. The summed E-state index contributed by atoms with van der Waals surface area (Å²) < 4.78 is 10.5. The number of aliphatic hydroxyl groups excluding tert-OH is 1. The summed E-state index contributed by atoms with van der Waals surface area (Å²) in [7, 11) is 1.31. The average molecular weight is 657 g/mol. The molecular weight excluding hydrogens is 617 g/mol. The van der Waals surface area contributed by atoms with Crippen LogP contribution in [0.15, 0.2) is 24.9 Å². The SMILES string of the molecule is C=CCOC(=O)CC[C@@H]1C2[N-]/C(=C\c3[n-]c(c(C=C)c3C)/C=c3\[n-]/c(c(CC)c3C)=C\c3[n-]c4c(c3C)=C(O)[C@H](C(=O)OC)C=42)[C@H]1C.[Mg+2]. The van der Waals surface area contributed by atoms with Crippen molar-refractivity contribution < 1.29 is 24.2 Å². The largest absolute Gasteiger partial charge is 2.00 e. The molecule has 1 saturated heterocycles. The van der Waals surface area contributed by atoms with Gasteiger partial charge in [0.15, 0.2) is 0 Å². The van der Waals surface area contributed by atoms with Gasteiger partial charge in [-0.1, -0.05) is 91.3 Å². The minimum Gasteiger partial charge on any atom is -0.681 e. The molecule has 1 aliphatic carbocycles. The Hall–Kier alpha value is -4.15. The van der Waals surface area contributed by atoms with Crippen molar-refractivity contribution in [3.05, 3.63) is 96.4 Å². The summed E-state index contributed by atoms with van der Waals surface area (Å²) in [5, 5.41) is 19.6. The molecule has 0 amide bonds. The van der Waals surface area contributed by atoms with E-state index in [9.17, 15) is 14.7 Å². The molecule has 1 N–H and O–H groups in total. The Morgan fingerprint density at radius 3 is 2.35 bits per heavy atom. The Morgan fingerprint density at radius 1 is 0.979 bits per heavy atom. The predicted octanol–water partition coefficient (Wildman–Crippen LogP) is 2.46. The first-order valence-electron chi connectivity index (χ1n) is 16.1. The minimum atomic E-state index is -1.07. The van der Waals surface area contributed by atoms with Gasteiger partial charge in [-0.25, -0.2) is 0 Å². The van der Waals surface area contributed by atoms with Gasteiger partial charge in [0.05, 0.1) is 7.11 Å². The molecule has 4 atom stereocenters. The fraction of sp³-hybridized carbons (Fsp3) is 0.368. The molecule has 0 saturated carbocycles. The van der Waals surface area contributed by atoms with E-state index < -0.39 is 17.9 Å². The van der Waals surface area contributed by atoms with Crippen molar-refractivity contribution >= 4 is 70.6 Å². The number of nitrogens with zero attached hydrogens (tertiary/aromatic N) is 4. The van der Waals surface area contributed by atoms with Crippen molar-refractivity contribution in [3.63, 3.8) is 0 Å². The number of aromatic nitrogens is 3. The van der Waals surface area contributed by atoms with Gasteiger partial charge < -0.3 is 34.8 Å². The fourth-order valence-electron chi connectivity index (χ4n) is 7.42. The first kappa shape index (κ1) is 35.2. The van der Waals surface area contributed by atoms with Gasteiger partial charge in [0.1, 0.15) is 18.3 Å². The molecule has 8 bridgehead atoms. The number of fused-ring (bicyclic) bond motifs is 8. The first-order chi connectivity index (χ1) is 22.5. The van der Waals surface area contributed by atoms with Crippen molar-refractivity contribution in [2.24, 2.45) is 17.8 Å². The summed E-state index contributed by atoms with van der Waals surface area (Å²) in [4.78, 5) is 41.2. The van der Waals surface area contributed by atoms with Crippen LogP contribution in [0.2, 0.25) is 0 Å². The molecule has 0 spiro atoms. The monoisotopic (exact) mass is 656 g/mol. The summed E-state index contributed by atoms with van der Waals surface area (Å²) in [6, 6.07) is -0.566. The van der Waals surface area contributed by atoms with Crippen molar-refractivity contribution in [2.75, 3.05) is 13.7 Å². The zero-order valence-corrected chi connectivity index (χ0v) is 29.9. The molecule has 3 aromatic rings. The Kier molecular flexibility index (Phi) is 10.1. The number of esters is 2. The third-order valence-electron chi connectivity index (χ3n) is 10.0. The fourth-order valence-corrected chi connectivity index (χ4v) is 7.42. The molecule has 5 heterocycles. The number of ether oxygens (including phenoxy) is 2. The second kappa shape index (κ2) is 13.8.